The van der Waals surface area contributed by atoms with Crippen molar-refractivity contribution in [3.8, 4) is 11.1 Å². The third kappa shape index (κ3) is 3.10. The predicted molar refractivity (Wildman–Crippen MR) is 90.9 cm³/mol. The molecule has 3 rings (SSSR count). The number of rotatable bonds is 3. The summed E-state index contributed by atoms with van der Waals surface area (Å²) in [4.78, 5) is 0.322. The Balaban J connectivity index is 1.86. The van der Waals surface area contributed by atoms with E-state index in [-0.39, 0.29) is 6.04 Å². The van der Waals surface area contributed by atoms with Gasteiger partial charge in [-0.2, -0.15) is 4.31 Å². The normalized spacial score (nSPS) is 19.5. The van der Waals surface area contributed by atoms with Gasteiger partial charge in [0.05, 0.1) is 4.90 Å². The average Bonchev–Trinajstić information content (AvgIpc) is 2.96. The van der Waals surface area contributed by atoms with Gasteiger partial charge in [0.2, 0.25) is 10.0 Å². The van der Waals surface area contributed by atoms with Gasteiger partial charge >= 0.3 is 0 Å². The molecule has 2 N–H and O–H groups in total. The molecule has 0 bridgehead atoms. The van der Waals surface area contributed by atoms with E-state index in [1.807, 2.05) is 36.4 Å². The van der Waals surface area contributed by atoms with Gasteiger partial charge in [-0.05, 0) is 41.8 Å². The number of nitrogens with zero attached hydrogens (tertiary/aromatic N) is 1. The molecule has 1 heterocycles. The molecule has 22 heavy (non-hydrogen) atoms. The van der Waals surface area contributed by atoms with E-state index >= 15 is 0 Å². The molecule has 1 aliphatic rings. The molecule has 0 amide bonds. The smallest absolute Gasteiger partial charge is 0.243 e. The Labute approximate surface area is 139 Å². The number of sulfonamides is 1. The maximum absolute atomic E-state index is 12.5. The summed E-state index contributed by atoms with van der Waals surface area (Å²) in [6.07, 6.45) is 0.718. The minimum Gasteiger partial charge on any atom is -0.326 e. The lowest BCUT2D eigenvalue weighted by Crippen LogP contribution is -2.31. The molecule has 0 radical (unpaired) electrons. The molecule has 2 aromatic carbocycles. The van der Waals surface area contributed by atoms with E-state index in [1.165, 1.54) is 4.31 Å². The fraction of sp³-hybridized carbons (Fsp3) is 0.250. The molecule has 0 spiro atoms. The highest BCUT2D eigenvalue weighted by atomic mass is 79.9. The second kappa shape index (κ2) is 6.12. The summed E-state index contributed by atoms with van der Waals surface area (Å²) in [6.45, 7) is 0.898. The van der Waals surface area contributed by atoms with Crippen LogP contribution >= 0.6 is 15.9 Å². The first-order valence-corrected chi connectivity index (χ1v) is 9.32. The summed E-state index contributed by atoms with van der Waals surface area (Å²) in [5.41, 5.74) is 7.84. The second-order valence-electron chi connectivity index (χ2n) is 5.44. The van der Waals surface area contributed by atoms with Crippen LogP contribution in [0.25, 0.3) is 11.1 Å². The molecule has 2 aromatic rings. The molecule has 0 aliphatic carbocycles. The SMILES string of the molecule is N[C@@H]1CCN(S(=O)(=O)c2ccc(-c3ccc(Br)cc3)cc2)C1. The molecule has 1 saturated heterocycles. The molecule has 116 valence electrons. The first-order chi connectivity index (χ1) is 10.5. The van der Waals surface area contributed by atoms with Gasteiger partial charge in [-0.1, -0.05) is 40.2 Å². The van der Waals surface area contributed by atoms with Crippen LogP contribution in [0.15, 0.2) is 57.9 Å². The van der Waals surface area contributed by atoms with Gasteiger partial charge in [-0.3, -0.25) is 0 Å². The molecule has 1 aliphatic heterocycles. The van der Waals surface area contributed by atoms with Crippen LogP contribution in [-0.4, -0.2) is 31.9 Å². The standard InChI is InChI=1S/C16H17BrN2O2S/c17-14-5-1-12(2-6-14)13-3-7-16(8-4-13)22(20,21)19-10-9-15(18)11-19/h1-8,15H,9-11,18H2/t15-/m1/s1. The summed E-state index contributed by atoms with van der Waals surface area (Å²) in [5, 5.41) is 0. The molecule has 1 atom stereocenters. The van der Waals surface area contributed by atoms with Gasteiger partial charge in [-0.25, -0.2) is 8.42 Å². The molecule has 1 fully saturated rings. The third-order valence-corrected chi connectivity index (χ3v) is 6.27. The van der Waals surface area contributed by atoms with Gasteiger partial charge in [0.1, 0.15) is 0 Å². The van der Waals surface area contributed by atoms with Gasteiger partial charge < -0.3 is 5.73 Å². The Morgan fingerprint density at radius 1 is 1.00 bits per heavy atom. The Kier molecular flexibility index (Phi) is 4.36. The average molecular weight is 381 g/mol. The van der Waals surface area contributed by atoms with Crippen LogP contribution in [0.2, 0.25) is 0 Å². The number of halogens is 1. The van der Waals surface area contributed by atoms with Crippen LogP contribution in [0.3, 0.4) is 0 Å². The second-order valence-corrected chi connectivity index (χ2v) is 8.30. The number of hydrogen-bond acceptors (Lipinski definition) is 3. The lowest BCUT2D eigenvalue weighted by Gasteiger charge is -2.16. The van der Waals surface area contributed by atoms with Crippen LogP contribution in [0.1, 0.15) is 6.42 Å². The van der Waals surface area contributed by atoms with Crippen molar-refractivity contribution in [3.63, 3.8) is 0 Å². The largest absolute Gasteiger partial charge is 0.326 e. The molecule has 0 saturated carbocycles. The van der Waals surface area contributed by atoms with E-state index in [0.717, 1.165) is 22.0 Å². The van der Waals surface area contributed by atoms with E-state index in [1.54, 1.807) is 12.1 Å². The van der Waals surface area contributed by atoms with Crippen LogP contribution in [0.4, 0.5) is 0 Å². The van der Waals surface area contributed by atoms with Crippen molar-refractivity contribution in [2.75, 3.05) is 13.1 Å². The third-order valence-electron chi connectivity index (χ3n) is 3.86. The minimum atomic E-state index is -3.43. The fourth-order valence-electron chi connectivity index (χ4n) is 2.58. The van der Waals surface area contributed by atoms with Crippen molar-refractivity contribution in [1.29, 1.82) is 0 Å². The Bertz CT molecular complexity index is 758. The first kappa shape index (κ1) is 15.7. The zero-order chi connectivity index (χ0) is 15.7. The number of benzene rings is 2. The van der Waals surface area contributed by atoms with Gasteiger partial charge in [0.25, 0.3) is 0 Å². The molecular weight excluding hydrogens is 364 g/mol. The zero-order valence-corrected chi connectivity index (χ0v) is 14.3. The van der Waals surface area contributed by atoms with Crippen LogP contribution in [0.5, 0.6) is 0 Å². The molecule has 6 heteroatoms. The first-order valence-electron chi connectivity index (χ1n) is 7.08. The van der Waals surface area contributed by atoms with Crippen LogP contribution in [0, 0.1) is 0 Å². The maximum Gasteiger partial charge on any atom is 0.243 e. The molecule has 0 aromatic heterocycles. The monoisotopic (exact) mass is 380 g/mol. The van der Waals surface area contributed by atoms with E-state index < -0.39 is 10.0 Å². The minimum absolute atomic E-state index is 0.0585. The van der Waals surface area contributed by atoms with Crippen molar-refractivity contribution in [1.82, 2.24) is 4.31 Å². The summed E-state index contributed by atoms with van der Waals surface area (Å²) < 4.78 is 27.6. The number of nitrogens with two attached hydrogens (primary N) is 1. The topological polar surface area (TPSA) is 63.4 Å². The Morgan fingerprint density at radius 3 is 2.05 bits per heavy atom. The van der Waals surface area contributed by atoms with Gasteiger partial charge in [0, 0.05) is 23.6 Å². The highest BCUT2D eigenvalue weighted by Gasteiger charge is 2.30. The van der Waals surface area contributed by atoms with Crippen LogP contribution in [-0.2, 0) is 10.0 Å². The highest BCUT2D eigenvalue weighted by Crippen LogP contribution is 2.25. The van der Waals surface area contributed by atoms with Crippen molar-refractivity contribution >= 4 is 26.0 Å². The summed E-state index contributed by atoms with van der Waals surface area (Å²) in [5.74, 6) is 0. The van der Waals surface area contributed by atoms with Crippen molar-refractivity contribution in [2.45, 2.75) is 17.4 Å². The fourth-order valence-corrected chi connectivity index (χ4v) is 4.36. The van der Waals surface area contributed by atoms with E-state index in [9.17, 15) is 8.42 Å². The summed E-state index contributed by atoms with van der Waals surface area (Å²) in [7, 11) is -3.43. The number of hydrogen-bond donors (Lipinski definition) is 1. The summed E-state index contributed by atoms with van der Waals surface area (Å²) >= 11 is 3.40. The zero-order valence-electron chi connectivity index (χ0n) is 11.9. The predicted octanol–water partition coefficient (Wildman–Crippen LogP) is 2.84. The van der Waals surface area contributed by atoms with E-state index in [0.29, 0.717) is 18.0 Å². The van der Waals surface area contributed by atoms with Gasteiger partial charge in [0.15, 0.2) is 0 Å². The summed E-state index contributed by atoms with van der Waals surface area (Å²) in [6, 6.07) is 14.9. The van der Waals surface area contributed by atoms with Crippen molar-refractivity contribution in [3.05, 3.63) is 53.0 Å². The highest BCUT2D eigenvalue weighted by molar-refractivity contribution is 9.10. The lowest BCUT2D eigenvalue weighted by atomic mass is 10.1. The lowest BCUT2D eigenvalue weighted by molar-refractivity contribution is 0.472. The molecule has 0 unspecified atom stereocenters. The van der Waals surface area contributed by atoms with E-state index in [2.05, 4.69) is 15.9 Å². The molecular formula is C16H17BrN2O2S. The molecule has 4 nitrogen and oxygen atoms in total. The van der Waals surface area contributed by atoms with Gasteiger partial charge in [-0.15, -0.1) is 0 Å². The van der Waals surface area contributed by atoms with Crippen LogP contribution < -0.4 is 5.73 Å². The Hall–Kier alpha value is -1.21. The van der Waals surface area contributed by atoms with Crippen molar-refractivity contribution < 1.29 is 8.42 Å². The maximum atomic E-state index is 12.5. The quantitative estimate of drug-likeness (QED) is 0.890. The van der Waals surface area contributed by atoms with E-state index in [4.69, 9.17) is 5.73 Å². The van der Waals surface area contributed by atoms with Crippen molar-refractivity contribution in [2.24, 2.45) is 5.73 Å². The Morgan fingerprint density at radius 2 is 1.55 bits per heavy atom.